The molecule has 0 aliphatic carbocycles. The molecular weight excluding hydrogens is 313 g/mol. The molecule has 0 radical (unpaired) electrons. The van der Waals surface area contributed by atoms with Gasteiger partial charge >= 0.3 is 7.12 Å². The predicted octanol–water partition coefficient (Wildman–Crippen LogP) is 2.94. The van der Waals surface area contributed by atoms with Crippen LogP contribution >= 0.6 is 0 Å². The Morgan fingerprint density at radius 3 is 2.20 bits per heavy atom. The molecule has 0 saturated carbocycles. The lowest BCUT2D eigenvalue weighted by Crippen LogP contribution is -2.41. The molecule has 1 aromatic rings. The molecule has 5 heteroatoms. The summed E-state index contributed by atoms with van der Waals surface area (Å²) in [5, 5.41) is 0. The second kappa shape index (κ2) is 7.03. The molecule has 138 valence electrons. The number of rotatable bonds is 4. The van der Waals surface area contributed by atoms with E-state index in [0.717, 1.165) is 38.1 Å². The summed E-state index contributed by atoms with van der Waals surface area (Å²) < 4.78 is 18.0. The van der Waals surface area contributed by atoms with Gasteiger partial charge in [0.05, 0.1) is 11.2 Å². The van der Waals surface area contributed by atoms with E-state index in [1.165, 1.54) is 11.1 Å². The van der Waals surface area contributed by atoms with E-state index in [1.807, 2.05) is 0 Å². The van der Waals surface area contributed by atoms with E-state index in [2.05, 4.69) is 64.9 Å². The fraction of sp³-hybridized carbons (Fsp3) is 0.700. The van der Waals surface area contributed by atoms with E-state index in [4.69, 9.17) is 14.0 Å². The van der Waals surface area contributed by atoms with Gasteiger partial charge in [0.1, 0.15) is 0 Å². The zero-order chi connectivity index (χ0) is 18.2. The fourth-order valence-corrected chi connectivity index (χ4v) is 3.64. The van der Waals surface area contributed by atoms with Gasteiger partial charge in [0.25, 0.3) is 0 Å². The normalized spacial score (nSPS) is 23.4. The van der Waals surface area contributed by atoms with E-state index in [1.54, 1.807) is 0 Å². The van der Waals surface area contributed by atoms with Crippen molar-refractivity contribution in [2.75, 3.05) is 27.3 Å². The van der Waals surface area contributed by atoms with E-state index in [-0.39, 0.29) is 18.3 Å². The van der Waals surface area contributed by atoms with Crippen LogP contribution < -0.4 is 5.46 Å². The van der Waals surface area contributed by atoms with Gasteiger partial charge in [0, 0.05) is 19.8 Å². The second-order valence-corrected chi connectivity index (χ2v) is 8.67. The van der Waals surface area contributed by atoms with Gasteiger partial charge in [-0.1, -0.05) is 18.2 Å². The Hall–Kier alpha value is -0.875. The van der Waals surface area contributed by atoms with Crippen molar-refractivity contribution in [2.24, 2.45) is 0 Å². The highest BCUT2D eigenvalue weighted by Gasteiger charge is 2.51. The van der Waals surface area contributed by atoms with Crippen LogP contribution in [0.2, 0.25) is 0 Å². The molecule has 2 fully saturated rings. The van der Waals surface area contributed by atoms with Crippen LogP contribution in [0.25, 0.3) is 0 Å². The first-order valence-electron chi connectivity index (χ1n) is 9.40. The van der Waals surface area contributed by atoms with Gasteiger partial charge in [-0.05, 0) is 77.1 Å². The van der Waals surface area contributed by atoms with E-state index in [0.29, 0.717) is 5.92 Å². The lowest BCUT2D eigenvalue weighted by molar-refractivity contribution is 0.00578. The van der Waals surface area contributed by atoms with Crippen LogP contribution in [-0.2, 0) is 20.6 Å². The highest BCUT2D eigenvalue weighted by atomic mass is 16.7. The molecule has 2 heterocycles. The van der Waals surface area contributed by atoms with Crippen LogP contribution in [0.1, 0.15) is 57.6 Å². The Morgan fingerprint density at radius 1 is 1.04 bits per heavy atom. The van der Waals surface area contributed by atoms with Crippen LogP contribution in [0.4, 0.5) is 0 Å². The minimum Gasteiger partial charge on any atom is -0.399 e. The molecule has 0 amide bonds. The first-order valence-corrected chi connectivity index (χ1v) is 9.40. The molecule has 3 rings (SSSR count). The maximum atomic E-state index is 6.24. The van der Waals surface area contributed by atoms with Crippen LogP contribution in [0, 0.1) is 0 Å². The Morgan fingerprint density at radius 2 is 1.64 bits per heavy atom. The first-order chi connectivity index (χ1) is 11.7. The molecule has 0 atom stereocenters. The molecule has 0 N–H and O–H groups in total. The molecule has 2 aliphatic heterocycles. The predicted molar refractivity (Wildman–Crippen MR) is 102 cm³/mol. The van der Waals surface area contributed by atoms with Crippen LogP contribution in [0.5, 0.6) is 0 Å². The molecule has 0 bridgehead atoms. The summed E-state index contributed by atoms with van der Waals surface area (Å²) >= 11 is 0. The van der Waals surface area contributed by atoms with Crippen molar-refractivity contribution in [3.05, 3.63) is 29.3 Å². The lowest BCUT2D eigenvalue weighted by Gasteiger charge is -2.32. The SMILES string of the molecule is CN(C)Cc1cc(B2OC(C)(C)C(C)(C)O2)ccc1C1CCOCC1. The molecule has 0 spiro atoms. The fourth-order valence-electron chi connectivity index (χ4n) is 3.64. The van der Waals surface area contributed by atoms with Gasteiger partial charge in [-0.3, -0.25) is 0 Å². The zero-order valence-electron chi connectivity index (χ0n) is 16.6. The molecule has 4 nitrogen and oxygen atoms in total. The average molecular weight is 345 g/mol. The van der Waals surface area contributed by atoms with Crippen molar-refractivity contribution in [2.45, 2.75) is 64.2 Å². The van der Waals surface area contributed by atoms with E-state index < -0.39 is 0 Å². The second-order valence-electron chi connectivity index (χ2n) is 8.67. The highest BCUT2D eigenvalue weighted by Crippen LogP contribution is 2.37. The van der Waals surface area contributed by atoms with Crippen molar-refractivity contribution >= 4 is 12.6 Å². The molecule has 2 aliphatic rings. The van der Waals surface area contributed by atoms with Gasteiger partial charge in [0.2, 0.25) is 0 Å². The Balaban J connectivity index is 1.89. The van der Waals surface area contributed by atoms with Gasteiger partial charge in [-0.25, -0.2) is 0 Å². The summed E-state index contributed by atoms with van der Waals surface area (Å²) in [6, 6.07) is 6.76. The Bertz CT molecular complexity index is 593. The third-order valence-electron chi connectivity index (χ3n) is 5.84. The molecule has 0 unspecified atom stereocenters. The number of hydrogen-bond donors (Lipinski definition) is 0. The van der Waals surface area contributed by atoms with Crippen LogP contribution in [0.3, 0.4) is 0 Å². The number of benzene rings is 1. The van der Waals surface area contributed by atoms with E-state index >= 15 is 0 Å². The molecule has 1 aromatic carbocycles. The highest BCUT2D eigenvalue weighted by molar-refractivity contribution is 6.62. The summed E-state index contributed by atoms with van der Waals surface area (Å²) in [4.78, 5) is 2.23. The van der Waals surface area contributed by atoms with Crippen molar-refractivity contribution in [3.63, 3.8) is 0 Å². The summed E-state index contributed by atoms with van der Waals surface area (Å²) in [6.07, 6.45) is 2.21. The van der Waals surface area contributed by atoms with Gasteiger partial charge in [-0.15, -0.1) is 0 Å². The molecular formula is C20H32BNO3. The van der Waals surface area contributed by atoms with Crippen LogP contribution in [-0.4, -0.2) is 50.5 Å². The minimum atomic E-state index is -0.307. The van der Waals surface area contributed by atoms with Crippen molar-refractivity contribution in [3.8, 4) is 0 Å². The summed E-state index contributed by atoms with van der Waals surface area (Å²) in [5.74, 6) is 0.594. The molecule has 2 saturated heterocycles. The van der Waals surface area contributed by atoms with E-state index in [9.17, 15) is 0 Å². The monoisotopic (exact) mass is 345 g/mol. The topological polar surface area (TPSA) is 30.9 Å². The largest absolute Gasteiger partial charge is 0.494 e. The first kappa shape index (κ1) is 18.9. The number of ether oxygens (including phenoxy) is 1. The summed E-state index contributed by atoms with van der Waals surface area (Å²) in [7, 11) is 3.94. The summed E-state index contributed by atoms with van der Waals surface area (Å²) in [5.41, 5.74) is 3.34. The molecule has 25 heavy (non-hydrogen) atoms. The lowest BCUT2D eigenvalue weighted by atomic mass is 9.76. The molecule has 0 aromatic heterocycles. The summed E-state index contributed by atoms with van der Waals surface area (Å²) in [6.45, 7) is 11.1. The number of nitrogens with zero attached hydrogens (tertiary/aromatic N) is 1. The van der Waals surface area contributed by atoms with Crippen molar-refractivity contribution < 1.29 is 14.0 Å². The quantitative estimate of drug-likeness (QED) is 0.785. The third-order valence-corrected chi connectivity index (χ3v) is 5.84. The standard InChI is InChI=1S/C20H32BNO3/c1-19(2)20(3,4)25-21(24-19)17-7-8-18(15-9-11-23-12-10-15)16(13-17)14-22(5)6/h7-8,13,15H,9-12,14H2,1-6H3. The van der Waals surface area contributed by atoms with Crippen molar-refractivity contribution in [1.82, 2.24) is 4.90 Å². The average Bonchev–Trinajstić information content (AvgIpc) is 2.76. The maximum Gasteiger partial charge on any atom is 0.494 e. The van der Waals surface area contributed by atoms with Gasteiger partial charge in [-0.2, -0.15) is 0 Å². The van der Waals surface area contributed by atoms with Gasteiger partial charge < -0.3 is 18.9 Å². The Labute approximate surface area is 153 Å². The van der Waals surface area contributed by atoms with Gasteiger partial charge in [0.15, 0.2) is 0 Å². The number of hydrogen-bond acceptors (Lipinski definition) is 4. The zero-order valence-corrected chi connectivity index (χ0v) is 16.6. The Kier molecular flexibility index (Phi) is 5.32. The van der Waals surface area contributed by atoms with Crippen molar-refractivity contribution in [1.29, 1.82) is 0 Å². The third kappa shape index (κ3) is 3.95. The minimum absolute atomic E-state index is 0.297. The maximum absolute atomic E-state index is 6.24. The smallest absolute Gasteiger partial charge is 0.399 e. The van der Waals surface area contributed by atoms with Crippen LogP contribution in [0.15, 0.2) is 18.2 Å².